The van der Waals surface area contributed by atoms with Crippen LogP contribution >= 0.6 is 0 Å². The van der Waals surface area contributed by atoms with Gasteiger partial charge in [-0.3, -0.25) is 4.90 Å². The molecule has 6 heteroatoms. The summed E-state index contributed by atoms with van der Waals surface area (Å²) in [5, 5.41) is 11.7. The molecular formula is C19H27N5O. The zero-order valence-corrected chi connectivity index (χ0v) is 14.9. The lowest BCUT2D eigenvalue weighted by molar-refractivity contribution is 0.109. The highest BCUT2D eigenvalue weighted by Gasteiger charge is 2.25. The minimum atomic E-state index is -0.0539. The third-order valence-corrected chi connectivity index (χ3v) is 5.16. The van der Waals surface area contributed by atoms with Crippen LogP contribution in [0.5, 0.6) is 0 Å². The maximum Gasteiger partial charge on any atom is 0.321 e. The highest BCUT2D eigenvalue weighted by molar-refractivity contribution is 5.89. The Morgan fingerprint density at radius 1 is 1.20 bits per heavy atom. The quantitative estimate of drug-likeness (QED) is 0.914. The van der Waals surface area contributed by atoms with Crippen molar-refractivity contribution in [1.82, 2.24) is 14.7 Å². The van der Waals surface area contributed by atoms with E-state index >= 15 is 0 Å². The summed E-state index contributed by atoms with van der Waals surface area (Å²) in [7, 11) is 2.21. The lowest BCUT2D eigenvalue weighted by Gasteiger charge is -2.38. The van der Waals surface area contributed by atoms with Gasteiger partial charge in [0.05, 0.1) is 11.6 Å². The van der Waals surface area contributed by atoms with Crippen LogP contribution < -0.4 is 5.32 Å². The van der Waals surface area contributed by atoms with Crippen molar-refractivity contribution in [3.8, 4) is 6.07 Å². The van der Waals surface area contributed by atoms with Crippen molar-refractivity contribution in [3.63, 3.8) is 0 Å². The number of amides is 2. The molecule has 1 aromatic carbocycles. The molecule has 2 amide bonds. The van der Waals surface area contributed by atoms with Crippen LogP contribution in [0.1, 0.15) is 18.4 Å². The fraction of sp³-hybridized carbons (Fsp3) is 0.579. The predicted molar refractivity (Wildman–Crippen MR) is 98.4 cm³/mol. The molecule has 1 N–H and O–H groups in total. The van der Waals surface area contributed by atoms with Gasteiger partial charge in [-0.05, 0) is 56.6 Å². The van der Waals surface area contributed by atoms with Crippen LogP contribution in [0.2, 0.25) is 0 Å². The van der Waals surface area contributed by atoms with E-state index < -0.39 is 0 Å². The van der Waals surface area contributed by atoms with Gasteiger partial charge in [0, 0.05) is 45.0 Å². The van der Waals surface area contributed by atoms with Gasteiger partial charge >= 0.3 is 6.03 Å². The van der Waals surface area contributed by atoms with E-state index in [1.165, 1.54) is 25.9 Å². The summed E-state index contributed by atoms with van der Waals surface area (Å²) in [5.41, 5.74) is 1.33. The monoisotopic (exact) mass is 341 g/mol. The van der Waals surface area contributed by atoms with Crippen LogP contribution in [-0.4, -0.2) is 73.6 Å². The minimum Gasteiger partial charge on any atom is -0.322 e. The summed E-state index contributed by atoms with van der Waals surface area (Å²) in [6, 6.07) is 9.00. The zero-order valence-electron chi connectivity index (χ0n) is 14.9. The number of urea groups is 1. The van der Waals surface area contributed by atoms with E-state index in [4.69, 9.17) is 5.26 Å². The number of hydrogen-bond acceptors (Lipinski definition) is 4. The Morgan fingerprint density at radius 3 is 2.56 bits per heavy atom. The highest BCUT2D eigenvalue weighted by Crippen LogP contribution is 2.17. The topological polar surface area (TPSA) is 62.6 Å². The summed E-state index contributed by atoms with van der Waals surface area (Å²) in [6.45, 7) is 6.99. The maximum absolute atomic E-state index is 12.4. The van der Waals surface area contributed by atoms with Gasteiger partial charge in [0.1, 0.15) is 0 Å². The van der Waals surface area contributed by atoms with Gasteiger partial charge in [0.15, 0.2) is 0 Å². The van der Waals surface area contributed by atoms with Gasteiger partial charge in [-0.15, -0.1) is 0 Å². The van der Waals surface area contributed by atoms with Crippen LogP contribution in [0.15, 0.2) is 24.3 Å². The molecule has 1 aromatic rings. The zero-order chi connectivity index (χ0) is 17.6. The van der Waals surface area contributed by atoms with Gasteiger partial charge in [-0.1, -0.05) is 0 Å². The van der Waals surface area contributed by atoms with Gasteiger partial charge in [0.2, 0.25) is 0 Å². The van der Waals surface area contributed by atoms with Crippen LogP contribution in [0.3, 0.4) is 0 Å². The van der Waals surface area contributed by atoms with Crippen molar-refractivity contribution in [3.05, 3.63) is 29.8 Å². The summed E-state index contributed by atoms with van der Waals surface area (Å²) in [4.78, 5) is 19.2. The van der Waals surface area contributed by atoms with E-state index in [0.29, 0.717) is 5.56 Å². The Balaban J connectivity index is 1.43. The predicted octanol–water partition coefficient (Wildman–Crippen LogP) is 2.05. The Kier molecular flexibility index (Phi) is 5.90. The first-order valence-corrected chi connectivity index (χ1v) is 9.11. The number of piperidine rings is 1. The van der Waals surface area contributed by atoms with Crippen LogP contribution in [0.4, 0.5) is 10.5 Å². The number of anilines is 1. The van der Waals surface area contributed by atoms with E-state index in [0.717, 1.165) is 44.3 Å². The van der Waals surface area contributed by atoms with Crippen molar-refractivity contribution in [1.29, 1.82) is 5.26 Å². The number of benzene rings is 1. The first kappa shape index (κ1) is 17.7. The summed E-state index contributed by atoms with van der Waals surface area (Å²) in [6.07, 6.45) is 2.62. The normalized spacial score (nSPS) is 22.4. The smallest absolute Gasteiger partial charge is 0.321 e. The number of carbonyl (C=O) groups excluding carboxylic acids is 1. The number of nitrogens with one attached hydrogen (secondary N) is 1. The molecule has 1 atom stereocenters. The van der Waals surface area contributed by atoms with Gasteiger partial charge in [-0.25, -0.2) is 4.79 Å². The van der Waals surface area contributed by atoms with Crippen molar-refractivity contribution in [2.75, 3.05) is 58.2 Å². The molecule has 2 aliphatic heterocycles. The Morgan fingerprint density at radius 2 is 1.92 bits per heavy atom. The van der Waals surface area contributed by atoms with E-state index in [1.54, 1.807) is 24.3 Å². The lowest BCUT2D eigenvalue weighted by atomic mass is 9.97. The summed E-state index contributed by atoms with van der Waals surface area (Å²) < 4.78 is 0. The van der Waals surface area contributed by atoms with E-state index in [-0.39, 0.29) is 6.03 Å². The molecule has 2 fully saturated rings. The van der Waals surface area contributed by atoms with E-state index in [1.807, 2.05) is 4.90 Å². The second-order valence-corrected chi connectivity index (χ2v) is 7.18. The second kappa shape index (κ2) is 8.32. The molecule has 2 heterocycles. The third kappa shape index (κ3) is 4.94. The standard InChI is InChI=1S/C19H27N5O/c1-22-8-2-3-17(14-22)15-23-9-11-24(12-10-23)19(25)21-18-6-4-16(13-20)5-7-18/h4-7,17H,2-3,8-12,14-15H2,1H3,(H,21,25). The molecule has 2 aliphatic rings. The number of piperazine rings is 1. The number of rotatable bonds is 3. The molecule has 25 heavy (non-hydrogen) atoms. The molecule has 1 unspecified atom stereocenters. The average Bonchev–Trinajstić information content (AvgIpc) is 2.63. The van der Waals surface area contributed by atoms with Crippen LogP contribution in [-0.2, 0) is 0 Å². The first-order chi connectivity index (χ1) is 12.1. The molecule has 6 nitrogen and oxygen atoms in total. The molecule has 0 radical (unpaired) electrons. The van der Waals surface area contributed by atoms with Gasteiger partial charge in [0.25, 0.3) is 0 Å². The first-order valence-electron chi connectivity index (χ1n) is 9.11. The molecule has 0 aliphatic carbocycles. The van der Waals surface area contributed by atoms with E-state index in [2.05, 4.69) is 28.2 Å². The Hall–Kier alpha value is -2.10. The number of carbonyl (C=O) groups is 1. The fourth-order valence-electron chi connectivity index (χ4n) is 3.75. The van der Waals surface area contributed by atoms with Crippen molar-refractivity contribution >= 4 is 11.7 Å². The molecule has 0 saturated carbocycles. The second-order valence-electron chi connectivity index (χ2n) is 7.18. The number of nitrogens with zero attached hydrogens (tertiary/aromatic N) is 4. The molecule has 0 bridgehead atoms. The molecule has 3 rings (SSSR count). The molecule has 134 valence electrons. The summed E-state index contributed by atoms with van der Waals surface area (Å²) >= 11 is 0. The lowest BCUT2D eigenvalue weighted by Crippen LogP contribution is -2.51. The summed E-state index contributed by atoms with van der Waals surface area (Å²) in [5.74, 6) is 0.762. The maximum atomic E-state index is 12.4. The van der Waals surface area contributed by atoms with Crippen molar-refractivity contribution < 1.29 is 4.79 Å². The Bertz CT molecular complexity index is 616. The van der Waals surface area contributed by atoms with Crippen molar-refractivity contribution in [2.24, 2.45) is 5.92 Å². The number of nitriles is 1. The van der Waals surface area contributed by atoms with Gasteiger partial charge in [-0.2, -0.15) is 5.26 Å². The van der Waals surface area contributed by atoms with Gasteiger partial charge < -0.3 is 15.1 Å². The molecule has 0 spiro atoms. The third-order valence-electron chi connectivity index (χ3n) is 5.16. The number of likely N-dealkylation sites (tertiary alicyclic amines) is 1. The number of hydrogen-bond donors (Lipinski definition) is 1. The fourth-order valence-corrected chi connectivity index (χ4v) is 3.75. The highest BCUT2D eigenvalue weighted by atomic mass is 16.2. The molecule has 2 saturated heterocycles. The SMILES string of the molecule is CN1CCCC(CN2CCN(C(=O)Nc3ccc(C#N)cc3)CC2)C1. The average molecular weight is 341 g/mol. The van der Waals surface area contributed by atoms with Crippen LogP contribution in [0, 0.1) is 17.2 Å². The minimum absolute atomic E-state index is 0.0539. The van der Waals surface area contributed by atoms with Crippen molar-refractivity contribution in [2.45, 2.75) is 12.8 Å². The largest absolute Gasteiger partial charge is 0.322 e. The molecular weight excluding hydrogens is 314 g/mol. The molecule has 0 aromatic heterocycles. The Labute approximate surface area is 150 Å². The van der Waals surface area contributed by atoms with Crippen LogP contribution in [0.25, 0.3) is 0 Å². The van der Waals surface area contributed by atoms with E-state index in [9.17, 15) is 4.79 Å².